The van der Waals surface area contributed by atoms with E-state index in [4.69, 9.17) is 4.74 Å². The van der Waals surface area contributed by atoms with Crippen LogP contribution in [-0.2, 0) is 4.74 Å². The van der Waals surface area contributed by atoms with Gasteiger partial charge in [0.25, 0.3) is 0 Å². The Balaban J connectivity index is 1.80. The lowest BCUT2D eigenvalue weighted by molar-refractivity contribution is 0.289. The molecule has 0 bridgehead atoms. The highest BCUT2D eigenvalue weighted by Crippen LogP contribution is 2.36. The molecule has 4 unspecified atom stereocenters. The highest BCUT2D eigenvalue weighted by atomic mass is 16.6. The van der Waals surface area contributed by atoms with Gasteiger partial charge in [-0.05, 0) is 31.6 Å². The third kappa shape index (κ3) is 2.73. The van der Waals surface area contributed by atoms with Crippen molar-refractivity contribution < 1.29 is 4.74 Å². The predicted octanol–water partition coefficient (Wildman–Crippen LogP) is 3.77. The number of epoxide rings is 1. The molecule has 1 saturated heterocycles. The molecule has 2 aliphatic rings. The van der Waals surface area contributed by atoms with Gasteiger partial charge in [-0.15, -0.1) is 0 Å². The fraction of sp³-hybridized carbons (Fsp3) is 1.00. The summed E-state index contributed by atoms with van der Waals surface area (Å²) in [7, 11) is 0. The minimum absolute atomic E-state index is 0.568. The average Bonchev–Trinajstić information content (AvgIpc) is 2.83. The van der Waals surface area contributed by atoms with Crippen molar-refractivity contribution in [2.75, 3.05) is 0 Å². The van der Waals surface area contributed by atoms with E-state index in [0.717, 1.165) is 11.8 Å². The van der Waals surface area contributed by atoms with Crippen LogP contribution in [0.2, 0.25) is 0 Å². The monoisotopic (exact) mass is 196 g/mol. The Kier molecular flexibility index (Phi) is 3.48. The first-order valence-electron chi connectivity index (χ1n) is 6.43. The summed E-state index contributed by atoms with van der Waals surface area (Å²) in [6.45, 7) is 4.64. The van der Waals surface area contributed by atoms with Crippen molar-refractivity contribution in [2.24, 2.45) is 11.8 Å². The Morgan fingerprint density at radius 3 is 2.14 bits per heavy atom. The molecule has 1 nitrogen and oxygen atoms in total. The smallest absolute Gasteiger partial charge is 0.0867 e. The molecule has 2 fully saturated rings. The van der Waals surface area contributed by atoms with Crippen LogP contribution < -0.4 is 0 Å². The van der Waals surface area contributed by atoms with Crippen LogP contribution in [0, 0.1) is 11.8 Å². The van der Waals surface area contributed by atoms with E-state index in [1.807, 2.05) is 0 Å². The molecule has 1 aliphatic carbocycles. The average molecular weight is 196 g/mol. The van der Waals surface area contributed by atoms with Gasteiger partial charge in [0.15, 0.2) is 0 Å². The SMILES string of the molecule is CC1CCCCC(C2OC2C)CCC1. The Morgan fingerprint density at radius 1 is 0.857 bits per heavy atom. The van der Waals surface area contributed by atoms with Gasteiger partial charge < -0.3 is 4.74 Å². The molecule has 2 rings (SSSR count). The third-order valence-corrected chi connectivity index (χ3v) is 4.02. The Hall–Kier alpha value is -0.0400. The Morgan fingerprint density at radius 2 is 1.43 bits per heavy atom. The standard InChI is InChI=1S/C13H24O/c1-10-6-3-4-8-12(9-5-7-10)13-11(2)14-13/h10-13H,3-9H2,1-2H3. The maximum atomic E-state index is 5.62. The molecule has 0 spiro atoms. The Labute approximate surface area is 88.2 Å². The molecule has 82 valence electrons. The van der Waals surface area contributed by atoms with Gasteiger partial charge in [0.2, 0.25) is 0 Å². The maximum absolute atomic E-state index is 5.62. The van der Waals surface area contributed by atoms with Crippen LogP contribution in [0.5, 0.6) is 0 Å². The summed E-state index contributed by atoms with van der Waals surface area (Å²) in [5.74, 6) is 1.85. The van der Waals surface area contributed by atoms with E-state index < -0.39 is 0 Å². The number of rotatable bonds is 1. The third-order valence-electron chi connectivity index (χ3n) is 4.02. The van der Waals surface area contributed by atoms with Crippen molar-refractivity contribution in [3.05, 3.63) is 0 Å². The van der Waals surface area contributed by atoms with Crippen LogP contribution in [0.4, 0.5) is 0 Å². The first-order chi connectivity index (χ1) is 6.77. The van der Waals surface area contributed by atoms with Crippen molar-refractivity contribution in [3.8, 4) is 0 Å². The summed E-state index contributed by atoms with van der Waals surface area (Å²) in [5, 5.41) is 0. The molecular formula is C13H24O. The summed E-state index contributed by atoms with van der Waals surface area (Å²) in [6.07, 6.45) is 11.2. The van der Waals surface area contributed by atoms with E-state index in [9.17, 15) is 0 Å². The molecule has 1 aliphatic heterocycles. The van der Waals surface area contributed by atoms with Crippen molar-refractivity contribution in [2.45, 2.75) is 71.0 Å². The van der Waals surface area contributed by atoms with Crippen molar-refractivity contribution >= 4 is 0 Å². The molecule has 1 heteroatoms. The number of hydrogen-bond donors (Lipinski definition) is 0. The van der Waals surface area contributed by atoms with Gasteiger partial charge in [-0.1, -0.05) is 39.0 Å². The molecule has 14 heavy (non-hydrogen) atoms. The van der Waals surface area contributed by atoms with Gasteiger partial charge in [0.05, 0.1) is 12.2 Å². The fourth-order valence-electron chi connectivity index (χ4n) is 2.94. The molecule has 0 aromatic carbocycles. The largest absolute Gasteiger partial charge is 0.370 e. The van der Waals surface area contributed by atoms with Crippen LogP contribution >= 0.6 is 0 Å². The topological polar surface area (TPSA) is 12.5 Å². The fourth-order valence-corrected chi connectivity index (χ4v) is 2.94. The zero-order valence-corrected chi connectivity index (χ0v) is 9.67. The van der Waals surface area contributed by atoms with E-state index in [-0.39, 0.29) is 0 Å². The normalized spacial score (nSPS) is 45.0. The first-order valence-corrected chi connectivity index (χ1v) is 6.43. The minimum Gasteiger partial charge on any atom is -0.370 e. The van der Waals surface area contributed by atoms with E-state index in [1.54, 1.807) is 0 Å². The van der Waals surface area contributed by atoms with Crippen molar-refractivity contribution in [1.29, 1.82) is 0 Å². The Bertz CT molecular complexity index is 178. The van der Waals surface area contributed by atoms with Crippen molar-refractivity contribution in [3.63, 3.8) is 0 Å². The lowest BCUT2D eigenvalue weighted by Gasteiger charge is -2.12. The van der Waals surface area contributed by atoms with Gasteiger partial charge >= 0.3 is 0 Å². The first kappa shape index (κ1) is 10.5. The van der Waals surface area contributed by atoms with Gasteiger partial charge in [-0.3, -0.25) is 0 Å². The molecule has 0 radical (unpaired) electrons. The molecule has 1 heterocycles. The predicted molar refractivity (Wildman–Crippen MR) is 59.3 cm³/mol. The zero-order valence-electron chi connectivity index (χ0n) is 9.67. The highest BCUT2D eigenvalue weighted by Gasteiger charge is 2.40. The second-order valence-electron chi connectivity index (χ2n) is 5.39. The van der Waals surface area contributed by atoms with E-state index in [0.29, 0.717) is 12.2 Å². The van der Waals surface area contributed by atoms with Gasteiger partial charge in [0, 0.05) is 0 Å². The zero-order chi connectivity index (χ0) is 9.97. The van der Waals surface area contributed by atoms with E-state index in [1.165, 1.54) is 44.9 Å². The van der Waals surface area contributed by atoms with Crippen LogP contribution in [-0.4, -0.2) is 12.2 Å². The van der Waals surface area contributed by atoms with E-state index in [2.05, 4.69) is 13.8 Å². The second kappa shape index (κ2) is 4.65. The molecule has 0 amide bonds. The molecular weight excluding hydrogens is 172 g/mol. The van der Waals surface area contributed by atoms with Gasteiger partial charge in [-0.2, -0.15) is 0 Å². The van der Waals surface area contributed by atoms with Crippen LogP contribution in [0.15, 0.2) is 0 Å². The highest BCUT2D eigenvalue weighted by molar-refractivity contribution is 4.87. The number of ether oxygens (including phenoxy) is 1. The minimum atomic E-state index is 0.568. The van der Waals surface area contributed by atoms with Crippen LogP contribution in [0.25, 0.3) is 0 Å². The van der Waals surface area contributed by atoms with Gasteiger partial charge in [-0.25, -0.2) is 0 Å². The van der Waals surface area contributed by atoms with E-state index >= 15 is 0 Å². The molecule has 0 N–H and O–H groups in total. The maximum Gasteiger partial charge on any atom is 0.0867 e. The summed E-state index contributed by atoms with van der Waals surface area (Å²) in [4.78, 5) is 0. The molecule has 0 aromatic heterocycles. The summed E-state index contributed by atoms with van der Waals surface area (Å²) in [5.41, 5.74) is 0. The molecule has 1 saturated carbocycles. The van der Waals surface area contributed by atoms with Crippen molar-refractivity contribution in [1.82, 2.24) is 0 Å². The second-order valence-corrected chi connectivity index (χ2v) is 5.39. The molecule has 0 aromatic rings. The van der Waals surface area contributed by atoms with Crippen LogP contribution in [0.3, 0.4) is 0 Å². The lowest BCUT2D eigenvalue weighted by atomic mass is 9.92. The van der Waals surface area contributed by atoms with Crippen LogP contribution in [0.1, 0.15) is 58.8 Å². The molecule has 4 atom stereocenters. The lowest BCUT2D eigenvalue weighted by Crippen LogP contribution is -2.09. The summed E-state index contributed by atoms with van der Waals surface area (Å²) < 4.78 is 5.62. The summed E-state index contributed by atoms with van der Waals surface area (Å²) >= 11 is 0. The quantitative estimate of drug-likeness (QED) is 0.582. The van der Waals surface area contributed by atoms with Gasteiger partial charge in [0.1, 0.15) is 0 Å². The summed E-state index contributed by atoms with van der Waals surface area (Å²) in [6, 6.07) is 0. The number of hydrogen-bond acceptors (Lipinski definition) is 1.